The van der Waals surface area contributed by atoms with Crippen LogP contribution in [0.25, 0.3) is 0 Å². The first-order chi connectivity index (χ1) is 8.91. The Hall–Kier alpha value is -1.13. The van der Waals surface area contributed by atoms with Gasteiger partial charge in [-0.15, -0.1) is 0 Å². The molecule has 0 aromatic carbocycles. The van der Waals surface area contributed by atoms with E-state index in [0.717, 1.165) is 12.1 Å². The van der Waals surface area contributed by atoms with Crippen molar-refractivity contribution in [3.8, 4) is 5.88 Å². The molecular formula is C15H27N3O. The summed E-state index contributed by atoms with van der Waals surface area (Å²) in [6, 6.07) is 4.91. The van der Waals surface area contributed by atoms with Crippen LogP contribution in [0.2, 0.25) is 0 Å². The Labute approximate surface area is 117 Å². The highest BCUT2D eigenvalue weighted by molar-refractivity contribution is 5.19. The highest BCUT2D eigenvalue weighted by Gasteiger charge is 2.12. The minimum absolute atomic E-state index is 0.0129. The molecule has 4 heteroatoms. The smallest absolute Gasteiger partial charge is 0.213 e. The van der Waals surface area contributed by atoms with E-state index in [2.05, 4.69) is 37.6 Å². The van der Waals surface area contributed by atoms with Crippen molar-refractivity contribution >= 4 is 0 Å². The van der Waals surface area contributed by atoms with E-state index in [1.807, 2.05) is 19.1 Å². The van der Waals surface area contributed by atoms with Crippen molar-refractivity contribution in [3.05, 3.63) is 23.9 Å². The fraction of sp³-hybridized carbons (Fsp3) is 0.667. The van der Waals surface area contributed by atoms with Gasteiger partial charge in [-0.05, 0) is 40.2 Å². The first kappa shape index (κ1) is 15.9. The Balaban J connectivity index is 2.44. The summed E-state index contributed by atoms with van der Waals surface area (Å²) in [7, 11) is 0. The van der Waals surface area contributed by atoms with E-state index in [9.17, 15) is 0 Å². The molecule has 0 unspecified atom stereocenters. The number of hydrogen-bond donors (Lipinski definition) is 1. The van der Waals surface area contributed by atoms with Gasteiger partial charge in [-0.3, -0.25) is 4.90 Å². The molecule has 19 heavy (non-hydrogen) atoms. The normalized spacial score (nSPS) is 13.3. The fourth-order valence-electron chi connectivity index (χ4n) is 2.11. The van der Waals surface area contributed by atoms with Crippen molar-refractivity contribution in [1.82, 2.24) is 9.88 Å². The molecule has 0 saturated heterocycles. The van der Waals surface area contributed by atoms with Gasteiger partial charge in [0.15, 0.2) is 0 Å². The van der Waals surface area contributed by atoms with E-state index in [0.29, 0.717) is 24.6 Å². The maximum absolute atomic E-state index is 5.78. The van der Waals surface area contributed by atoms with Crippen molar-refractivity contribution in [2.45, 2.75) is 52.7 Å². The monoisotopic (exact) mass is 265 g/mol. The maximum atomic E-state index is 5.78. The Kier molecular flexibility index (Phi) is 6.25. The van der Waals surface area contributed by atoms with Crippen LogP contribution in [0, 0.1) is 0 Å². The summed E-state index contributed by atoms with van der Waals surface area (Å²) in [5.74, 6) is 0.664. The predicted octanol–water partition coefficient (Wildman–Crippen LogP) is 2.60. The maximum Gasteiger partial charge on any atom is 0.213 e. The summed E-state index contributed by atoms with van der Waals surface area (Å²) in [6.45, 7) is 12.3. The molecule has 0 saturated carbocycles. The van der Waals surface area contributed by atoms with Crippen LogP contribution in [-0.4, -0.2) is 35.1 Å². The second kappa shape index (κ2) is 7.46. The highest BCUT2D eigenvalue weighted by atomic mass is 16.5. The summed E-state index contributed by atoms with van der Waals surface area (Å²) in [6.07, 6.45) is 1.78. The van der Waals surface area contributed by atoms with Gasteiger partial charge in [-0.2, -0.15) is 0 Å². The van der Waals surface area contributed by atoms with Crippen LogP contribution >= 0.6 is 0 Å². The molecule has 1 aromatic rings. The molecule has 0 bridgehead atoms. The zero-order valence-electron chi connectivity index (χ0n) is 12.8. The zero-order valence-corrected chi connectivity index (χ0v) is 12.8. The number of rotatable bonds is 7. The highest BCUT2D eigenvalue weighted by Crippen LogP contribution is 2.12. The summed E-state index contributed by atoms with van der Waals surface area (Å²) >= 11 is 0. The van der Waals surface area contributed by atoms with Crippen molar-refractivity contribution in [1.29, 1.82) is 0 Å². The Morgan fingerprint density at radius 3 is 2.21 bits per heavy atom. The van der Waals surface area contributed by atoms with Gasteiger partial charge in [-0.25, -0.2) is 4.98 Å². The van der Waals surface area contributed by atoms with Crippen LogP contribution in [0.4, 0.5) is 0 Å². The van der Waals surface area contributed by atoms with E-state index in [1.165, 1.54) is 0 Å². The van der Waals surface area contributed by atoms with Crippen LogP contribution in [0.15, 0.2) is 18.3 Å². The SMILES string of the molecule is CC(C)N(CCOc1ccc([C@@H](C)N)cn1)C(C)C. The predicted molar refractivity (Wildman–Crippen MR) is 79.3 cm³/mol. The average Bonchev–Trinajstić information content (AvgIpc) is 2.34. The van der Waals surface area contributed by atoms with Gasteiger partial charge in [0.1, 0.15) is 6.61 Å². The van der Waals surface area contributed by atoms with Gasteiger partial charge >= 0.3 is 0 Å². The molecule has 0 radical (unpaired) electrons. The second-order valence-electron chi connectivity index (χ2n) is 5.49. The number of aromatic nitrogens is 1. The average molecular weight is 265 g/mol. The molecule has 0 aliphatic carbocycles. The number of hydrogen-bond acceptors (Lipinski definition) is 4. The zero-order chi connectivity index (χ0) is 14.4. The lowest BCUT2D eigenvalue weighted by atomic mass is 10.2. The minimum Gasteiger partial charge on any atom is -0.476 e. The number of ether oxygens (including phenoxy) is 1. The number of pyridine rings is 1. The van der Waals surface area contributed by atoms with Crippen molar-refractivity contribution in [2.75, 3.05) is 13.2 Å². The summed E-state index contributed by atoms with van der Waals surface area (Å²) < 4.78 is 5.68. The molecule has 0 amide bonds. The van der Waals surface area contributed by atoms with E-state index in [1.54, 1.807) is 6.20 Å². The fourth-order valence-corrected chi connectivity index (χ4v) is 2.11. The number of nitrogens with zero attached hydrogens (tertiary/aromatic N) is 2. The molecule has 0 aliphatic heterocycles. The Morgan fingerprint density at radius 1 is 1.16 bits per heavy atom. The molecule has 1 rings (SSSR count). The third-order valence-electron chi connectivity index (χ3n) is 3.21. The largest absolute Gasteiger partial charge is 0.476 e. The van der Waals surface area contributed by atoms with Gasteiger partial charge in [0.05, 0.1) is 0 Å². The standard InChI is InChI=1S/C15H27N3O/c1-11(2)18(12(3)4)8-9-19-15-7-6-14(10-17-15)13(5)16/h6-7,10-13H,8-9,16H2,1-5H3/t13-/m1/s1. The lowest BCUT2D eigenvalue weighted by molar-refractivity contribution is 0.140. The van der Waals surface area contributed by atoms with Crippen LogP contribution in [-0.2, 0) is 0 Å². The molecule has 1 aromatic heterocycles. The summed E-state index contributed by atoms with van der Waals surface area (Å²) in [5.41, 5.74) is 6.81. The Bertz CT molecular complexity index is 352. The van der Waals surface area contributed by atoms with Gasteiger partial charge in [0.25, 0.3) is 0 Å². The third-order valence-corrected chi connectivity index (χ3v) is 3.21. The Morgan fingerprint density at radius 2 is 1.79 bits per heavy atom. The van der Waals surface area contributed by atoms with Crippen molar-refractivity contribution < 1.29 is 4.74 Å². The molecule has 2 N–H and O–H groups in total. The van der Waals surface area contributed by atoms with Gasteiger partial charge in [0.2, 0.25) is 5.88 Å². The van der Waals surface area contributed by atoms with E-state index >= 15 is 0 Å². The molecule has 4 nitrogen and oxygen atoms in total. The molecule has 1 heterocycles. The molecule has 0 fully saturated rings. The molecule has 0 aliphatic rings. The molecule has 0 spiro atoms. The topological polar surface area (TPSA) is 51.4 Å². The third kappa shape index (κ3) is 5.17. The molecule has 1 atom stereocenters. The molecule has 108 valence electrons. The van der Waals surface area contributed by atoms with Crippen LogP contribution in [0.1, 0.15) is 46.2 Å². The quantitative estimate of drug-likeness (QED) is 0.823. The van der Waals surface area contributed by atoms with E-state index < -0.39 is 0 Å². The van der Waals surface area contributed by atoms with Crippen LogP contribution in [0.5, 0.6) is 5.88 Å². The lowest BCUT2D eigenvalue weighted by Crippen LogP contribution is -2.39. The van der Waals surface area contributed by atoms with E-state index in [4.69, 9.17) is 10.5 Å². The first-order valence-electron chi connectivity index (χ1n) is 7.02. The van der Waals surface area contributed by atoms with Gasteiger partial charge < -0.3 is 10.5 Å². The second-order valence-corrected chi connectivity index (χ2v) is 5.49. The summed E-state index contributed by atoms with van der Waals surface area (Å²) in [5, 5.41) is 0. The van der Waals surface area contributed by atoms with Crippen LogP contribution in [0.3, 0.4) is 0 Å². The van der Waals surface area contributed by atoms with Crippen molar-refractivity contribution in [3.63, 3.8) is 0 Å². The van der Waals surface area contributed by atoms with Gasteiger partial charge in [-0.1, -0.05) is 6.07 Å². The minimum atomic E-state index is 0.0129. The van der Waals surface area contributed by atoms with E-state index in [-0.39, 0.29) is 6.04 Å². The molecular weight excluding hydrogens is 238 g/mol. The van der Waals surface area contributed by atoms with Crippen molar-refractivity contribution in [2.24, 2.45) is 5.73 Å². The summed E-state index contributed by atoms with van der Waals surface area (Å²) in [4.78, 5) is 6.66. The lowest BCUT2D eigenvalue weighted by Gasteiger charge is -2.30. The number of nitrogens with two attached hydrogens (primary N) is 1. The first-order valence-corrected chi connectivity index (χ1v) is 7.02. The van der Waals surface area contributed by atoms with Gasteiger partial charge in [0, 0.05) is 36.9 Å². The van der Waals surface area contributed by atoms with Crippen LogP contribution < -0.4 is 10.5 Å².